The maximum atomic E-state index is 12.5. The summed E-state index contributed by atoms with van der Waals surface area (Å²) in [5.74, 6) is 1.25. The summed E-state index contributed by atoms with van der Waals surface area (Å²) in [6.45, 7) is 4.27. The number of carbonyl (C=O) groups is 1. The molecule has 0 saturated carbocycles. The summed E-state index contributed by atoms with van der Waals surface area (Å²) in [6, 6.07) is 15.3. The summed E-state index contributed by atoms with van der Waals surface area (Å²) < 4.78 is 5.43. The Hall–Kier alpha value is -2.70. The van der Waals surface area contributed by atoms with Crippen LogP contribution < -0.4 is 5.32 Å². The summed E-state index contributed by atoms with van der Waals surface area (Å²) in [5.41, 5.74) is 2.85. The van der Waals surface area contributed by atoms with Crippen LogP contribution in [0.3, 0.4) is 0 Å². The lowest BCUT2D eigenvalue weighted by Crippen LogP contribution is -2.37. The molecule has 0 atom stereocenters. The van der Waals surface area contributed by atoms with Gasteiger partial charge in [-0.2, -0.15) is 4.98 Å². The number of likely N-dealkylation sites (tertiary alicyclic amines) is 1. The molecular formula is C22H23ClN4O2. The van der Waals surface area contributed by atoms with Gasteiger partial charge in [0, 0.05) is 22.2 Å². The highest BCUT2D eigenvalue weighted by atomic mass is 35.5. The van der Waals surface area contributed by atoms with Gasteiger partial charge in [0.05, 0.1) is 6.54 Å². The van der Waals surface area contributed by atoms with Crippen molar-refractivity contribution in [3.05, 3.63) is 65.0 Å². The molecule has 2 aromatic carbocycles. The van der Waals surface area contributed by atoms with Gasteiger partial charge in [-0.15, -0.1) is 0 Å². The molecule has 4 rings (SSSR count). The van der Waals surface area contributed by atoms with E-state index >= 15 is 0 Å². The molecule has 29 heavy (non-hydrogen) atoms. The van der Waals surface area contributed by atoms with Gasteiger partial charge >= 0.3 is 0 Å². The lowest BCUT2D eigenvalue weighted by Gasteiger charge is -2.30. The lowest BCUT2D eigenvalue weighted by molar-refractivity contribution is -0.121. The fourth-order valence-corrected chi connectivity index (χ4v) is 3.77. The predicted octanol–water partition coefficient (Wildman–Crippen LogP) is 4.55. The Morgan fingerprint density at radius 3 is 2.76 bits per heavy atom. The molecule has 1 fully saturated rings. The topological polar surface area (TPSA) is 71.3 Å². The molecule has 1 saturated heterocycles. The average Bonchev–Trinajstić information content (AvgIpc) is 3.17. The van der Waals surface area contributed by atoms with Gasteiger partial charge < -0.3 is 9.84 Å². The standard InChI is InChI=1S/C22H23ClN4O2/c1-15-4-2-5-17(12-15)21-25-20(29-26-21)14-27-10-8-16(9-11-27)22(28)24-19-7-3-6-18(23)13-19/h2-7,12-13,16H,8-11,14H2,1H3,(H,24,28). The number of benzene rings is 2. The van der Waals surface area contributed by atoms with E-state index in [0.29, 0.717) is 23.3 Å². The van der Waals surface area contributed by atoms with Crippen LogP contribution >= 0.6 is 11.6 Å². The molecule has 1 aliphatic rings. The van der Waals surface area contributed by atoms with Crippen molar-refractivity contribution in [2.24, 2.45) is 5.92 Å². The summed E-state index contributed by atoms with van der Waals surface area (Å²) in [5, 5.41) is 7.68. The molecule has 0 spiro atoms. The van der Waals surface area contributed by atoms with Gasteiger partial charge in [0.1, 0.15) is 0 Å². The van der Waals surface area contributed by atoms with Crippen molar-refractivity contribution in [3.8, 4) is 11.4 Å². The van der Waals surface area contributed by atoms with E-state index in [2.05, 4.69) is 20.4 Å². The maximum Gasteiger partial charge on any atom is 0.241 e. The summed E-state index contributed by atoms with van der Waals surface area (Å²) in [4.78, 5) is 19.3. The zero-order valence-electron chi connectivity index (χ0n) is 16.3. The van der Waals surface area contributed by atoms with E-state index in [9.17, 15) is 4.79 Å². The number of piperidine rings is 1. The Balaban J connectivity index is 1.29. The van der Waals surface area contributed by atoms with Crippen molar-refractivity contribution in [2.45, 2.75) is 26.3 Å². The van der Waals surface area contributed by atoms with Crippen LogP contribution in [-0.2, 0) is 11.3 Å². The summed E-state index contributed by atoms with van der Waals surface area (Å²) in [6.07, 6.45) is 1.59. The van der Waals surface area contributed by atoms with Crippen molar-refractivity contribution < 1.29 is 9.32 Å². The second kappa shape index (κ2) is 8.76. The highest BCUT2D eigenvalue weighted by molar-refractivity contribution is 6.30. The number of anilines is 1. The van der Waals surface area contributed by atoms with E-state index in [0.717, 1.165) is 42.7 Å². The molecule has 1 aromatic heterocycles. The fourth-order valence-electron chi connectivity index (χ4n) is 3.58. The van der Waals surface area contributed by atoms with Crippen LogP contribution in [0.5, 0.6) is 0 Å². The highest BCUT2D eigenvalue weighted by Crippen LogP contribution is 2.23. The Labute approximate surface area is 174 Å². The number of aryl methyl sites for hydroxylation is 1. The van der Waals surface area contributed by atoms with Crippen LogP contribution in [0.2, 0.25) is 5.02 Å². The first-order valence-electron chi connectivity index (χ1n) is 9.75. The normalized spacial score (nSPS) is 15.4. The minimum Gasteiger partial charge on any atom is -0.338 e. The Bertz CT molecular complexity index is 996. The van der Waals surface area contributed by atoms with Crippen LogP contribution in [0.25, 0.3) is 11.4 Å². The first-order valence-corrected chi connectivity index (χ1v) is 10.1. The van der Waals surface area contributed by atoms with Gasteiger partial charge in [0.25, 0.3) is 0 Å². The molecule has 7 heteroatoms. The van der Waals surface area contributed by atoms with Gasteiger partial charge in [-0.05, 0) is 57.1 Å². The van der Waals surface area contributed by atoms with Crippen LogP contribution in [0.4, 0.5) is 5.69 Å². The highest BCUT2D eigenvalue weighted by Gasteiger charge is 2.26. The molecule has 0 unspecified atom stereocenters. The van der Waals surface area contributed by atoms with Crippen LogP contribution in [0.1, 0.15) is 24.3 Å². The van der Waals surface area contributed by atoms with Crippen molar-refractivity contribution >= 4 is 23.2 Å². The maximum absolute atomic E-state index is 12.5. The largest absolute Gasteiger partial charge is 0.338 e. The van der Waals surface area contributed by atoms with Crippen molar-refractivity contribution in [3.63, 3.8) is 0 Å². The van der Waals surface area contributed by atoms with Crippen LogP contribution in [-0.4, -0.2) is 34.0 Å². The third-order valence-electron chi connectivity index (χ3n) is 5.15. The quantitative estimate of drug-likeness (QED) is 0.668. The van der Waals surface area contributed by atoms with E-state index in [-0.39, 0.29) is 11.8 Å². The van der Waals surface area contributed by atoms with Crippen LogP contribution in [0, 0.1) is 12.8 Å². The third-order valence-corrected chi connectivity index (χ3v) is 5.39. The Kier molecular flexibility index (Phi) is 5.92. The SMILES string of the molecule is Cc1cccc(-c2noc(CN3CCC(C(=O)Nc4cccc(Cl)c4)CC3)n2)c1. The first-order chi connectivity index (χ1) is 14.1. The van der Waals surface area contributed by atoms with Gasteiger partial charge in [-0.3, -0.25) is 9.69 Å². The van der Waals surface area contributed by atoms with E-state index in [4.69, 9.17) is 16.1 Å². The monoisotopic (exact) mass is 410 g/mol. The molecule has 0 aliphatic carbocycles. The molecule has 3 aromatic rings. The zero-order valence-corrected chi connectivity index (χ0v) is 17.0. The molecule has 150 valence electrons. The van der Waals surface area contributed by atoms with E-state index in [1.54, 1.807) is 12.1 Å². The molecule has 1 N–H and O–H groups in total. The van der Waals surface area contributed by atoms with Gasteiger partial charge in [0.15, 0.2) is 0 Å². The molecule has 6 nitrogen and oxygen atoms in total. The zero-order chi connectivity index (χ0) is 20.2. The number of carbonyl (C=O) groups excluding carboxylic acids is 1. The minimum absolute atomic E-state index is 0.00392. The number of hydrogen-bond acceptors (Lipinski definition) is 5. The molecular weight excluding hydrogens is 388 g/mol. The molecule has 2 heterocycles. The number of aromatic nitrogens is 2. The number of nitrogens with zero attached hydrogens (tertiary/aromatic N) is 3. The number of amides is 1. The van der Waals surface area contributed by atoms with Gasteiger partial charge in [0.2, 0.25) is 17.6 Å². The Morgan fingerprint density at radius 2 is 2.00 bits per heavy atom. The second-order valence-corrected chi connectivity index (χ2v) is 7.87. The van der Waals surface area contributed by atoms with Gasteiger partial charge in [-0.1, -0.05) is 46.6 Å². The Morgan fingerprint density at radius 1 is 1.21 bits per heavy atom. The smallest absolute Gasteiger partial charge is 0.241 e. The predicted molar refractivity (Wildman–Crippen MR) is 113 cm³/mol. The molecule has 0 bridgehead atoms. The number of hydrogen-bond donors (Lipinski definition) is 1. The van der Waals surface area contributed by atoms with Crippen LogP contribution in [0.15, 0.2) is 53.1 Å². The third kappa shape index (κ3) is 5.02. The van der Waals surface area contributed by atoms with E-state index in [1.807, 2.05) is 43.3 Å². The summed E-state index contributed by atoms with van der Waals surface area (Å²) in [7, 11) is 0. The van der Waals surface area contributed by atoms with E-state index < -0.39 is 0 Å². The molecule has 1 aliphatic heterocycles. The lowest BCUT2D eigenvalue weighted by atomic mass is 9.96. The molecule has 0 radical (unpaired) electrons. The number of nitrogens with one attached hydrogen (secondary N) is 1. The van der Waals surface area contributed by atoms with Gasteiger partial charge in [-0.25, -0.2) is 0 Å². The van der Waals surface area contributed by atoms with Crippen molar-refractivity contribution in [2.75, 3.05) is 18.4 Å². The minimum atomic E-state index is -0.00392. The average molecular weight is 411 g/mol. The second-order valence-electron chi connectivity index (χ2n) is 7.43. The molecule has 1 amide bonds. The number of halogens is 1. The van der Waals surface area contributed by atoms with Crippen molar-refractivity contribution in [1.29, 1.82) is 0 Å². The van der Waals surface area contributed by atoms with E-state index in [1.165, 1.54) is 0 Å². The van der Waals surface area contributed by atoms with Crippen molar-refractivity contribution in [1.82, 2.24) is 15.0 Å². The fraction of sp³-hybridized carbons (Fsp3) is 0.318. The number of rotatable bonds is 5. The first kappa shape index (κ1) is 19.6. The summed E-state index contributed by atoms with van der Waals surface area (Å²) >= 11 is 5.98.